The maximum Gasteiger partial charge on any atom is 0.236 e. The van der Waals surface area contributed by atoms with Gasteiger partial charge in [-0.05, 0) is 72.4 Å². The van der Waals surface area contributed by atoms with Crippen LogP contribution in [0, 0.1) is 12.7 Å². The Hall–Kier alpha value is -2.54. The molecule has 7 heteroatoms. The Bertz CT molecular complexity index is 1150. The molecule has 4 rings (SSSR count). The van der Waals surface area contributed by atoms with E-state index in [0.717, 1.165) is 22.2 Å². The molecule has 1 aliphatic heterocycles. The predicted octanol–water partition coefficient (Wildman–Crippen LogP) is 4.75. The second-order valence-electron chi connectivity index (χ2n) is 7.88. The number of amides is 1. The highest BCUT2D eigenvalue weighted by atomic mass is 79.9. The number of hydrogen-bond acceptors (Lipinski definition) is 4. The van der Waals surface area contributed by atoms with Crippen molar-refractivity contribution in [3.8, 4) is 0 Å². The van der Waals surface area contributed by atoms with Crippen LogP contribution in [-0.2, 0) is 16.6 Å². The molecule has 0 spiro atoms. The van der Waals surface area contributed by atoms with E-state index in [2.05, 4.69) is 31.2 Å². The van der Waals surface area contributed by atoms with Crippen LogP contribution in [0.1, 0.15) is 30.8 Å². The van der Waals surface area contributed by atoms with Gasteiger partial charge >= 0.3 is 0 Å². The van der Waals surface area contributed by atoms with Gasteiger partial charge in [0.05, 0.1) is 15.4 Å². The minimum atomic E-state index is -0.580. The minimum absolute atomic E-state index is 0.0622. The summed E-state index contributed by atoms with van der Waals surface area (Å²) >= 11 is 3.22. The van der Waals surface area contributed by atoms with Gasteiger partial charge in [-0.2, -0.15) is 0 Å². The van der Waals surface area contributed by atoms with Crippen molar-refractivity contribution in [2.75, 3.05) is 23.8 Å². The Morgan fingerprint density at radius 2 is 2.00 bits per heavy atom. The average Bonchev–Trinajstić information content (AvgIpc) is 2.84. The average molecular weight is 457 g/mol. The first-order chi connectivity index (χ1) is 13.7. The molecule has 2 aromatic carbocycles. The van der Waals surface area contributed by atoms with Gasteiger partial charge in [-0.15, -0.1) is 0 Å². The van der Waals surface area contributed by atoms with E-state index in [0.29, 0.717) is 34.6 Å². The van der Waals surface area contributed by atoms with Gasteiger partial charge in [0.1, 0.15) is 17.5 Å². The third kappa shape index (κ3) is 3.27. The van der Waals surface area contributed by atoms with Crippen molar-refractivity contribution < 1.29 is 9.18 Å². The fourth-order valence-corrected chi connectivity index (χ4v) is 4.30. The topological polar surface area (TPSA) is 58.1 Å². The molecule has 0 bridgehead atoms. The molecule has 1 aromatic heterocycles. The molecule has 29 heavy (non-hydrogen) atoms. The monoisotopic (exact) mass is 456 g/mol. The van der Waals surface area contributed by atoms with Crippen LogP contribution >= 0.6 is 15.9 Å². The first-order valence-electron chi connectivity index (χ1n) is 9.48. The normalized spacial score (nSPS) is 15.1. The number of nitrogens with one attached hydrogen (secondary N) is 1. The van der Waals surface area contributed by atoms with Crippen LogP contribution in [0.15, 0.2) is 34.8 Å². The van der Waals surface area contributed by atoms with Gasteiger partial charge in [0.15, 0.2) is 0 Å². The zero-order valence-electron chi connectivity index (χ0n) is 16.8. The molecule has 1 N–H and O–H groups in total. The lowest BCUT2D eigenvalue weighted by atomic mass is 9.86. The van der Waals surface area contributed by atoms with Crippen LogP contribution in [0.5, 0.6) is 0 Å². The summed E-state index contributed by atoms with van der Waals surface area (Å²) < 4.78 is 14.7. The van der Waals surface area contributed by atoms with Gasteiger partial charge in [-0.1, -0.05) is 12.1 Å². The molecule has 0 unspecified atom stereocenters. The number of carbonyl (C=O) groups is 1. The lowest BCUT2D eigenvalue weighted by molar-refractivity contribution is -0.121. The van der Waals surface area contributed by atoms with Crippen LogP contribution in [0.2, 0.25) is 0 Å². The third-order valence-corrected chi connectivity index (χ3v) is 6.13. The van der Waals surface area contributed by atoms with E-state index in [1.165, 1.54) is 0 Å². The van der Waals surface area contributed by atoms with E-state index in [4.69, 9.17) is 0 Å². The fraction of sp³-hybridized carbons (Fsp3) is 0.318. The first-order valence-corrected chi connectivity index (χ1v) is 10.3. The number of benzene rings is 2. The largest absolute Gasteiger partial charge is 0.369 e. The summed E-state index contributed by atoms with van der Waals surface area (Å²) in [6.45, 7) is 6.23. The van der Waals surface area contributed by atoms with Crippen LogP contribution in [-0.4, -0.2) is 29.5 Å². The molecule has 0 radical (unpaired) electrons. The van der Waals surface area contributed by atoms with E-state index in [9.17, 15) is 9.18 Å². The molecule has 3 aromatic rings. The Morgan fingerprint density at radius 1 is 1.24 bits per heavy atom. The number of fused-ring (bicyclic) bond motifs is 2. The number of hydrogen-bond donors (Lipinski definition) is 1. The second kappa shape index (κ2) is 7.06. The highest BCUT2D eigenvalue weighted by Gasteiger charge is 2.42. The predicted molar refractivity (Wildman–Crippen MR) is 117 cm³/mol. The van der Waals surface area contributed by atoms with Gasteiger partial charge in [0.25, 0.3) is 0 Å². The smallest absolute Gasteiger partial charge is 0.236 e. The number of aryl methyl sites for hydroxylation is 1. The Kier molecular flexibility index (Phi) is 4.81. The van der Waals surface area contributed by atoms with E-state index >= 15 is 0 Å². The number of aromatic nitrogens is 2. The molecule has 0 saturated heterocycles. The molecule has 0 saturated carbocycles. The molecular weight excluding hydrogens is 435 g/mol. The van der Waals surface area contributed by atoms with Crippen molar-refractivity contribution in [3.05, 3.63) is 57.6 Å². The summed E-state index contributed by atoms with van der Waals surface area (Å²) in [6.07, 6.45) is 0.520. The van der Waals surface area contributed by atoms with Crippen molar-refractivity contribution in [1.29, 1.82) is 0 Å². The highest BCUT2D eigenvalue weighted by molar-refractivity contribution is 9.10. The zero-order chi connectivity index (χ0) is 20.9. The first kappa shape index (κ1) is 19.8. The van der Waals surface area contributed by atoms with E-state index < -0.39 is 5.41 Å². The van der Waals surface area contributed by atoms with E-state index in [1.54, 1.807) is 24.1 Å². The van der Waals surface area contributed by atoms with E-state index in [1.807, 2.05) is 39.0 Å². The molecule has 2 heterocycles. The molecule has 5 nitrogen and oxygen atoms in total. The van der Waals surface area contributed by atoms with Gasteiger partial charge in [0.2, 0.25) is 5.91 Å². The van der Waals surface area contributed by atoms with Gasteiger partial charge in [0, 0.05) is 24.7 Å². The lowest BCUT2D eigenvalue weighted by Gasteiger charge is -2.16. The van der Waals surface area contributed by atoms with Crippen LogP contribution in [0.4, 0.5) is 15.9 Å². The second-order valence-corrected chi connectivity index (χ2v) is 8.74. The Balaban J connectivity index is 1.68. The molecule has 0 atom stereocenters. The number of rotatable bonds is 4. The lowest BCUT2D eigenvalue weighted by Crippen LogP contribution is -2.33. The number of carbonyl (C=O) groups excluding carboxylic acids is 1. The number of halogens is 2. The van der Waals surface area contributed by atoms with Crippen molar-refractivity contribution in [2.24, 2.45) is 0 Å². The van der Waals surface area contributed by atoms with E-state index in [-0.39, 0.29) is 11.7 Å². The molecule has 0 aliphatic carbocycles. The molecule has 1 aliphatic rings. The number of anilines is 2. The third-order valence-electron chi connectivity index (χ3n) is 5.52. The maximum atomic E-state index is 14.2. The van der Waals surface area contributed by atoms with Crippen molar-refractivity contribution in [2.45, 2.75) is 32.6 Å². The maximum absolute atomic E-state index is 14.2. The summed E-state index contributed by atoms with van der Waals surface area (Å²) in [7, 11) is 1.79. The number of likely N-dealkylation sites (N-methyl/N-ethyl adjacent to an activating group) is 1. The Morgan fingerprint density at radius 3 is 2.76 bits per heavy atom. The van der Waals surface area contributed by atoms with Gasteiger partial charge in [-0.25, -0.2) is 14.4 Å². The summed E-state index contributed by atoms with van der Waals surface area (Å²) in [6, 6.07) is 9.25. The summed E-state index contributed by atoms with van der Waals surface area (Å²) in [4.78, 5) is 23.5. The van der Waals surface area contributed by atoms with Crippen LogP contribution in [0.25, 0.3) is 10.9 Å². The fourth-order valence-electron chi connectivity index (χ4n) is 3.89. The van der Waals surface area contributed by atoms with Gasteiger partial charge < -0.3 is 10.2 Å². The van der Waals surface area contributed by atoms with Crippen LogP contribution < -0.4 is 10.2 Å². The summed E-state index contributed by atoms with van der Waals surface area (Å²) in [5.41, 5.74) is 2.69. The number of nitrogens with zero attached hydrogens (tertiary/aromatic N) is 3. The highest BCUT2D eigenvalue weighted by Crippen LogP contribution is 2.43. The standard InChI is InChI=1S/C22H22BrFN4O/c1-12-26-17-11-15-18(28(4)21(29)22(15,2)3)10-14(17)20(27-12)25-9-8-13-6-5-7-16(23)19(13)24/h5-7,10-11H,8-9H2,1-4H3,(H,25,26,27). The quantitative estimate of drug-likeness (QED) is 0.615. The molecule has 0 fully saturated rings. The SMILES string of the molecule is Cc1nc(NCCc2cccc(Br)c2F)c2cc3c(cc2n1)C(C)(C)C(=O)N3C. The van der Waals surface area contributed by atoms with Crippen molar-refractivity contribution in [3.63, 3.8) is 0 Å². The van der Waals surface area contributed by atoms with Crippen molar-refractivity contribution >= 4 is 44.2 Å². The van der Waals surface area contributed by atoms with Gasteiger partial charge in [-0.3, -0.25) is 4.79 Å². The summed E-state index contributed by atoms with van der Waals surface area (Å²) in [5, 5.41) is 4.17. The molecule has 150 valence electrons. The zero-order valence-corrected chi connectivity index (χ0v) is 18.4. The molecular formula is C22H22BrFN4O. The van der Waals surface area contributed by atoms with Crippen molar-refractivity contribution in [1.82, 2.24) is 9.97 Å². The minimum Gasteiger partial charge on any atom is -0.369 e. The Labute approximate surface area is 177 Å². The molecule has 1 amide bonds. The summed E-state index contributed by atoms with van der Waals surface area (Å²) in [5.74, 6) is 1.16. The van der Waals surface area contributed by atoms with Crippen LogP contribution in [0.3, 0.4) is 0 Å².